The Labute approximate surface area is 111 Å². The van der Waals surface area contributed by atoms with Crippen LogP contribution >= 0.6 is 0 Å². The van der Waals surface area contributed by atoms with Gasteiger partial charge in [0.2, 0.25) is 11.8 Å². The fraction of sp³-hybridized carbons (Fsp3) is 0.308. The normalized spacial score (nSPS) is 10.0. The summed E-state index contributed by atoms with van der Waals surface area (Å²) in [6, 6.07) is 7.37. The van der Waals surface area contributed by atoms with E-state index in [0.29, 0.717) is 30.7 Å². The summed E-state index contributed by atoms with van der Waals surface area (Å²) in [5.74, 6) is 1.85. The number of nitrogens with zero attached hydrogens (tertiary/aromatic N) is 3. The molecule has 0 unspecified atom stereocenters. The molecule has 2 heterocycles. The number of methoxy groups -OCH3 is 1. The third-order valence-electron chi connectivity index (χ3n) is 2.38. The number of pyridine rings is 1. The Balaban J connectivity index is 1.99. The first-order valence-corrected chi connectivity index (χ1v) is 6.00. The molecule has 6 nitrogen and oxygen atoms in total. The summed E-state index contributed by atoms with van der Waals surface area (Å²) in [6.07, 6.45) is 1.46. The number of nitrogens with one attached hydrogen (secondary N) is 1. The summed E-state index contributed by atoms with van der Waals surface area (Å²) in [4.78, 5) is 12.4. The average molecular weight is 260 g/mol. The molecule has 100 valence electrons. The van der Waals surface area contributed by atoms with Gasteiger partial charge in [0.05, 0.1) is 26.0 Å². The Kier molecular flexibility index (Phi) is 4.49. The third kappa shape index (κ3) is 3.80. The van der Waals surface area contributed by atoms with E-state index < -0.39 is 0 Å². The largest absolute Gasteiger partial charge is 0.481 e. The molecule has 0 radical (unpaired) electrons. The minimum atomic E-state index is 0.554. The quantitative estimate of drug-likeness (QED) is 0.855. The number of rotatable bonds is 6. The van der Waals surface area contributed by atoms with E-state index in [1.165, 1.54) is 6.33 Å². The Morgan fingerprint density at radius 1 is 1.21 bits per heavy atom. The number of aromatic nitrogens is 3. The van der Waals surface area contributed by atoms with E-state index in [9.17, 15) is 0 Å². The van der Waals surface area contributed by atoms with E-state index in [1.807, 2.05) is 19.1 Å². The van der Waals surface area contributed by atoms with Crippen LogP contribution in [0.5, 0.6) is 11.8 Å². The molecule has 19 heavy (non-hydrogen) atoms. The molecule has 0 saturated carbocycles. The highest BCUT2D eigenvalue weighted by Crippen LogP contribution is 2.12. The molecule has 0 aliphatic rings. The first-order chi connectivity index (χ1) is 9.31. The SMILES string of the molecule is CCOc1cc(NCc2cccc(OC)n2)ncn1. The summed E-state index contributed by atoms with van der Waals surface area (Å²) < 4.78 is 10.4. The highest BCUT2D eigenvalue weighted by Gasteiger charge is 2.01. The van der Waals surface area contributed by atoms with Crippen molar-refractivity contribution in [1.29, 1.82) is 0 Å². The zero-order chi connectivity index (χ0) is 13.5. The predicted molar refractivity (Wildman–Crippen MR) is 71.3 cm³/mol. The second-order valence-electron chi connectivity index (χ2n) is 3.70. The fourth-order valence-corrected chi connectivity index (χ4v) is 1.51. The molecule has 0 saturated heterocycles. The maximum atomic E-state index is 5.31. The average Bonchev–Trinajstić information content (AvgIpc) is 2.46. The van der Waals surface area contributed by atoms with Crippen molar-refractivity contribution in [2.24, 2.45) is 0 Å². The van der Waals surface area contributed by atoms with E-state index in [-0.39, 0.29) is 0 Å². The topological polar surface area (TPSA) is 69.2 Å². The van der Waals surface area contributed by atoms with Crippen LogP contribution in [0.1, 0.15) is 12.6 Å². The maximum Gasteiger partial charge on any atom is 0.218 e. The Bertz CT molecular complexity index is 534. The molecule has 0 aliphatic heterocycles. The lowest BCUT2D eigenvalue weighted by Crippen LogP contribution is -2.05. The molecule has 1 N–H and O–H groups in total. The molecule has 6 heteroatoms. The Morgan fingerprint density at radius 3 is 2.89 bits per heavy atom. The minimum absolute atomic E-state index is 0.554. The number of hydrogen-bond donors (Lipinski definition) is 1. The molecule has 0 aliphatic carbocycles. The monoisotopic (exact) mass is 260 g/mol. The van der Waals surface area contributed by atoms with Crippen LogP contribution in [-0.2, 0) is 6.54 Å². The standard InChI is InChI=1S/C13H16N4O2/c1-3-19-13-7-11(15-9-16-13)14-8-10-5-4-6-12(17-10)18-2/h4-7,9H,3,8H2,1-2H3,(H,14,15,16). The van der Waals surface area contributed by atoms with Crippen molar-refractivity contribution in [3.8, 4) is 11.8 Å². The van der Waals surface area contributed by atoms with Gasteiger partial charge in [0.15, 0.2) is 0 Å². The van der Waals surface area contributed by atoms with E-state index in [0.717, 1.165) is 5.69 Å². The summed E-state index contributed by atoms with van der Waals surface area (Å²) in [5.41, 5.74) is 0.871. The van der Waals surface area contributed by atoms with Gasteiger partial charge in [0.25, 0.3) is 0 Å². The van der Waals surface area contributed by atoms with Crippen molar-refractivity contribution >= 4 is 5.82 Å². The Morgan fingerprint density at radius 2 is 2.11 bits per heavy atom. The lowest BCUT2D eigenvalue weighted by atomic mass is 10.3. The Hall–Kier alpha value is -2.37. The van der Waals surface area contributed by atoms with Crippen LogP contribution in [-0.4, -0.2) is 28.7 Å². The lowest BCUT2D eigenvalue weighted by molar-refractivity contribution is 0.326. The van der Waals surface area contributed by atoms with E-state index >= 15 is 0 Å². The van der Waals surface area contributed by atoms with E-state index in [1.54, 1.807) is 19.2 Å². The van der Waals surface area contributed by atoms with Gasteiger partial charge in [0.1, 0.15) is 12.1 Å². The van der Waals surface area contributed by atoms with Crippen molar-refractivity contribution in [3.63, 3.8) is 0 Å². The molecule has 0 spiro atoms. The molecular weight excluding hydrogens is 244 g/mol. The predicted octanol–water partition coefficient (Wildman–Crippen LogP) is 1.89. The van der Waals surface area contributed by atoms with Crippen LogP contribution in [0.15, 0.2) is 30.6 Å². The molecule has 0 atom stereocenters. The second-order valence-corrected chi connectivity index (χ2v) is 3.70. The van der Waals surface area contributed by atoms with Gasteiger partial charge in [-0.25, -0.2) is 15.0 Å². The first-order valence-electron chi connectivity index (χ1n) is 6.00. The summed E-state index contributed by atoms with van der Waals surface area (Å²) in [7, 11) is 1.60. The van der Waals surface area contributed by atoms with Gasteiger partial charge in [-0.3, -0.25) is 0 Å². The van der Waals surface area contributed by atoms with Crippen molar-refractivity contribution in [2.45, 2.75) is 13.5 Å². The van der Waals surface area contributed by atoms with Crippen molar-refractivity contribution in [2.75, 3.05) is 19.0 Å². The zero-order valence-corrected chi connectivity index (χ0v) is 11.0. The molecule has 0 amide bonds. The van der Waals surface area contributed by atoms with Gasteiger partial charge in [-0.15, -0.1) is 0 Å². The van der Waals surface area contributed by atoms with Gasteiger partial charge >= 0.3 is 0 Å². The molecule has 2 rings (SSSR count). The fourth-order valence-electron chi connectivity index (χ4n) is 1.51. The van der Waals surface area contributed by atoms with Crippen molar-refractivity contribution in [1.82, 2.24) is 15.0 Å². The van der Waals surface area contributed by atoms with Crippen LogP contribution in [0.3, 0.4) is 0 Å². The van der Waals surface area contributed by atoms with Crippen molar-refractivity contribution in [3.05, 3.63) is 36.3 Å². The molecule has 0 aromatic carbocycles. The van der Waals surface area contributed by atoms with Crippen LogP contribution in [0.2, 0.25) is 0 Å². The van der Waals surface area contributed by atoms with Gasteiger partial charge in [-0.05, 0) is 13.0 Å². The van der Waals surface area contributed by atoms with Gasteiger partial charge in [0, 0.05) is 12.1 Å². The van der Waals surface area contributed by atoms with Gasteiger partial charge < -0.3 is 14.8 Å². The highest BCUT2D eigenvalue weighted by atomic mass is 16.5. The van der Waals surface area contributed by atoms with Crippen LogP contribution < -0.4 is 14.8 Å². The molecule has 2 aromatic rings. The maximum absolute atomic E-state index is 5.31. The highest BCUT2D eigenvalue weighted by molar-refractivity contribution is 5.37. The van der Waals surface area contributed by atoms with Crippen molar-refractivity contribution < 1.29 is 9.47 Å². The smallest absolute Gasteiger partial charge is 0.218 e. The summed E-state index contributed by atoms with van der Waals surface area (Å²) in [6.45, 7) is 3.04. The molecule has 2 aromatic heterocycles. The minimum Gasteiger partial charge on any atom is -0.481 e. The molecule has 0 bridgehead atoms. The first kappa shape index (κ1) is 13.1. The van der Waals surface area contributed by atoms with E-state index in [4.69, 9.17) is 9.47 Å². The van der Waals surface area contributed by atoms with E-state index in [2.05, 4.69) is 20.3 Å². The lowest BCUT2D eigenvalue weighted by Gasteiger charge is -2.07. The van der Waals surface area contributed by atoms with Crippen LogP contribution in [0.4, 0.5) is 5.82 Å². The summed E-state index contributed by atoms with van der Waals surface area (Å²) >= 11 is 0. The van der Waals surface area contributed by atoms with Gasteiger partial charge in [-0.2, -0.15) is 0 Å². The second kappa shape index (κ2) is 6.53. The number of hydrogen-bond acceptors (Lipinski definition) is 6. The molecule has 0 fully saturated rings. The van der Waals surface area contributed by atoms with Gasteiger partial charge in [-0.1, -0.05) is 6.07 Å². The summed E-state index contributed by atoms with van der Waals surface area (Å²) in [5, 5.41) is 3.16. The number of anilines is 1. The van der Waals surface area contributed by atoms with Crippen LogP contribution in [0.25, 0.3) is 0 Å². The molecular formula is C13H16N4O2. The zero-order valence-electron chi connectivity index (χ0n) is 11.0. The number of ether oxygens (including phenoxy) is 2. The van der Waals surface area contributed by atoms with Crippen LogP contribution in [0, 0.1) is 0 Å². The third-order valence-corrected chi connectivity index (χ3v) is 2.38.